The van der Waals surface area contributed by atoms with Crippen LogP contribution in [0.3, 0.4) is 0 Å². The molecule has 0 spiro atoms. The van der Waals surface area contributed by atoms with Gasteiger partial charge < -0.3 is 15.0 Å². The molecule has 2 rings (SSSR count). The minimum atomic E-state index is -0.492. The zero-order chi connectivity index (χ0) is 17.0. The summed E-state index contributed by atoms with van der Waals surface area (Å²) >= 11 is 5.98. The summed E-state index contributed by atoms with van der Waals surface area (Å²) in [7, 11) is 0. The van der Waals surface area contributed by atoms with Crippen molar-refractivity contribution in [3.8, 4) is 0 Å². The zero-order valence-electron chi connectivity index (χ0n) is 14.2. The van der Waals surface area contributed by atoms with Gasteiger partial charge in [-0.05, 0) is 58.6 Å². The van der Waals surface area contributed by atoms with Crippen molar-refractivity contribution in [3.05, 3.63) is 17.0 Å². The molecule has 0 radical (unpaired) electrons. The molecule has 0 saturated carbocycles. The van der Waals surface area contributed by atoms with Crippen LogP contribution in [0, 0.1) is 6.92 Å². The second kappa shape index (κ2) is 7.34. The van der Waals surface area contributed by atoms with Gasteiger partial charge in [0.15, 0.2) is 0 Å². The van der Waals surface area contributed by atoms with Crippen LogP contribution in [0.15, 0.2) is 6.07 Å². The predicted molar refractivity (Wildman–Crippen MR) is 91.0 cm³/mol. The maximum Gasteiger partial charge on any atom is 0.407 e. The van der Waals surface area contributed by atoms with Gasteiger partial charge in [0.05, 0.1) is 0 Å². The molecule has 1 aliphatic rings. The molecule has 6 nitrogen and oxygen atoms in total. The van der Waals surface area contributed by atoms with Crippen LogP contribution in [0.4, 0.5) is 10.6 Å². The van der Waals surface area contributed by atoms with Crippen LogP contribution in [-0.4, -0.2) is 40.8 Å². The highest BCUT2D eigenvalue weighted by Gasteiger charge is 2.25. The third-order valence-electron chi connectivity index (χ3n) is 3.62. The van der Waals surface area contributed by atoms with Crippen molar-refractivity contribution in [2.24, 2.45) is 0 Å². The molecule has 1 aromatic heterocycles. The van der Waals surface area contributed by atoms with Gasteiger partial charge in [-0.3, -0.25) is 0 Å². The number of aromatic nitrogens is 2. The Kier molecular flexibility index (Phi) is 5.68. The molecule has 0 aliphatic carbocycles. The topological polar surface area (TPSA) is 67.4 Å². The highest BCUT2D eigenvalue weighted by atomic mass is 35.5. The molecule has 1 aromatic rings. The van der Waals surface area contributed by atoms with E-state index in [0.717, 1.165) is 37.3 Å². The lowest BCUT2D eigenvalue weighted by Gasteiger charge is -2.37. The molecule has 0 bridgehead atoms. The summed E-state index contributed by atoms with van der Waals surface area (Å²) in [4.78, 5) is 22.5. The van der Waals surface area contributed by atoms with E-state index in [1.54, 1.807) is 0 Å². The number of amides is 1. The minimum Gasteiger partial charge on any atom is -0.444 e. The van der Waals surface area contributed by atoms with Crippen molar-refractivity contribution in [1.29, 1.82) is 0 Å². The number of hydrogen-bond donors (Lipinski definition) is 1. The molecule has 2 heterocycles. The highest BCUT2D eigenvalue weighted by molar-refractivity contribution is 6.28. The lowest BCUT2D eigenvalue weighted by molar-refractivity contribution is 0.0523. The second-order valence-corrected chi connectivity index (χ2v) is 7.20. The number of carbonyl (C=O) groups excluding carboxylic acids is 1. The first kappa shape index (κ1) is 17.8. The average Bonchev–Trinajstić information content (AvgIpc) is 2.42. The fraction of sp³-hybridized carbons (Fsp3) is 0.688. The zero-order valence-corrected chi connectivity index (χ0v) is 15.0. The number of carbonyl (C=O) groups is 1. The molecule has 1 N–H and O–H groups in total. The standard InChI is InChI=1S/C16H25ClN4O2/c1-11-9-13(20-14(17)19-11)21-8-6-5-7-12(21)10-18-15(22)23-16(2,3)4/h9,12H,5-8,10H2,1-4H3,(H,18,22)/t12-/m1/s1. The van der Waals surface area contributed by atoms with Gasteiger partial charge in [0, 0.05) is 30.9 Å². The number of hydrogen-bond acceptors (Lipinski definition) is 5. The first-order valence-corrected chi connectivity index (χ1v) is 8.37. The first-order valence-electron chi connectivity index (χ1n) is 7.99. The van der Waals surface area contributed by atoms with E-state index >= 15 is 0 Å². The maximum atomic E-state index is 11.9. The van der Waals surface area contributed by atoms with Crippen LogP contribution in [0.5, 0.6) is 0 Å². The summed E-state index contributed by atoms with van der Waals surface area (Å²) in [5, 5.41) is 3.11. The van der Waals surface area contributed by atoms with Gasteiger partial charge >= 0.3 is 6.09 Å². The second-order valence-electron chi connectivity index (χ2n) is 6.86. The number of alkyl carbamates (subject to hydrolysis) is 1. The highest BCUT2D eigenvalue weighted by Crippen LogP contribution is 2.24. The Bertz CT molecular complexity index is 539. The van der Waals surface area contributed by atoms with E-state index < -0.39 is 5.60 Å². The number of piperidine rings is 1. The van der Waals surface area contributed by atoms with Crippen molar-refractivity contribution < 1.29 is 9.53 Å². The largest absolute Gasteiger partial charge is 0.444 e. The van der Waals surface area contributed by atoms with E-state index in [4.69, 9.17) is 16.3 Å². The number of nitrogens with zero attached hydrogens (tertiary/aromatic N) is 3. The quantitative estimate of drug-likeness (QED) is 0.855. The van der Waals surface area contributed by atoms with Crippen molar-refractivity contribution in [2.75, 3.05) is 18.0 Å². The molecule has 0 unspecified atom stereocenters. The number of rotatable bonds is 3. The van der Waals surface area contributed by atoms with E-state index in [2.05, 4.69) is 20.2 Å². The number of nitrogens with one attached hydrogen (secondary N) is 1. The van der Waals surface area contributed by atoms with Crippen LogP contribution in [0.25, 0.3) is 0 Å². The van der Waals surface area contributed by atoms with E-state index in [0.29, 0.717) is 6.54 Å². The van der Waals surface area contributed by atoms with Crippen molar-refractivity contribution in [2.45, 2.75) is 58.6 Å². The van der Waals surface area contributed by atoms with Crippen LogP contribution in [0.1, 0.15) is 45.7 Å². The van der Waals surface area contributed by atoms with Crippen LogP contribution in [0.2, 0.25) is 5.28 Å². The molecular weight excluding hydrogens is 316 g/mol. The summed E-state index contributed by atoms with van der Waals surface area (Å²) in [5.41, 5.74) is 0.345. The van der Waals surface area contributed by atoms with E-state index in [1.807, 2.05) is 33.8 Å². The lowest BCUT2D eigenvalue weighted by atomic mass is 10.0. The Morgan fingerprint density at radius 1 is 1.43 bits per heavy atom. The summed E-state index contributed by atoms with van der Waals surface area (Å²) in [6.45, 7) is 8.87. The number of halogens is 1. The third kappa shape index (κ3) is 5.53. The number of ether oxygens (including phenoxy) is 1. The van der Waals surface area contributed by atoms with Crippen LogP contribution in [-0.2, 0) is 4.74 Å². The van der Waals surface area contributed by atoms with E-state index in [9.17, 15) is 4.79 Å². The van der Waals surface area contributed by atoms with E-state index in [-0.39, 0.29) is 17.4 Å². The van der Waals surface area contributed by atoms with Crippen LogP contribution < -0.4 is 10.2 Å². The Labute approximate surface area is 142 Å². The third-order valence-corrected chi connectivity index (χ3v) is 3.78. The Morgan fingerprint density at radius 3 is 2.83 bits per heavy atom. The van der Waals surface area contributed by atoms with E-state index in [1.165, 1.54) is 0 Å². The molecule has 23 heavy (non-hydrogen) atoms. The molecule has 0 aromatic carbocycles. The SMILES string of the molecule is Cc1cc(N2CCCC[C@@H]2CNC(=O)OC(C)(C)C)nc(Cl)n1. The van der Waals surface area contributed by atoms with Crippen molar-refractivity contribution >= 4 is 23.5 Å². The summed E-state index contributed by atoms with van der Waals surface area (Å²) in [6.07, 6.45) is 2.84. The van der Waals surface area contributed by atoms with Gasteiger partial charge in [0.1, 0.15) is 11.4 Å². The predicted octanol–water partition coefficient (Wildman–Crippen LogP) is 3.32. The number of aryl methyl sites for hydroxylation is 1. The average molecular weight is 341 g/mol. The molecule has 128 valence electrons. The molecule has 1 fully saturated rings. The van der Waals surface area contributed by atoms with Gasteiger partial charge in [0.2, 0.25) is 5.28 Å². The molecule has 1 atom stereocenters. The van der Waals surface area contributed by atoms with Gasteiger partial charge in [0.25, 0.3) is 0 Å². The Hall–Kier alpha value is -1.56. The van der Waals surface area contributed by atoms with Gasteiger partial charge in [-0.1, -0.05) is 0 Å². The summed E-state index contributed by atoms with van der Waals surface area (Å²) in [6, 6.07) is 2.11. The minimum absolute atomic E-state index is 0.182. The van der Waals surface area contributed by atoms with Crippen molar-refractivity contribution in [1.82, 2.24) is 15.3 Å². The summed E-state index contributed by atoms with van der Waals surface area (Å²) in [5.74, 6) is 0.818. The normalized spacial score (nSPS) is 18.7. The first-order chi connectivity index (χ1) is 10.7. The molecule has 7 heteroatoms. The Balaban J connectivity index is 2.02. The van der Waals surface area contributed by atoms with Gasteiger partial charge in [-0.15, -0.1) is 0 Å². The fourth-order valence-electron chi connectivity index (χ4n) is 2.69. The number of anilines is 1. The Morgan fingerprint density at radius 2 is 2.17 bits per heavy atom. The molecule has 1 aliphatic heterocycles. The monoisotopic (exact) mass is 340 g/mol. The van der Waals surface area contributed by atoms with Crippen LogP contribution >= 0.6 is 11.6 Å². The maximum absolute atomic E-state index is 11.9. The van der Waals surface area contributed by atoms with Gasteiger partial charge in [-0.2, -0.15) is 0 Å². The molecule has 1 saturated heterocycles. The fourth-order valence-corrected chi connectivity index (χ4v) is 2.91. The molecule has 1 amide bonds. The molecular formula is C16H25ClN4O2. The summed E-state index contributed by atoms with van der Waals surface area (Å²) < 4.78 is 5.29. The van der Waals surface area contributed by atoms with Gasteiger partial charge in [-0.25, -0.2) is 14.8 Å². The lowest BCUT2D eigenvalue weighted by Crippen LogP contribution is -2.48. The smallest absolute Gasteiger partial charge is 0.407 e. The van der Waals surface area contributed by atoms with Crippen molar-refractivity contribution in [3.63, 3.8) is 0 Å².